The van der Waals surface area contributed by atoms with Crippen LogP contribution in [0, 0.1) is 11.8 Å². The lowest BCUT2D eigenvalue weighted by molar-refractivity contribution is 0.0437. The van der Waals surface area contributed by atoms with E-state index in [0.29, 0.717) is 18.6 Å². The number of likely N-dealkylation sites (tertiary alicyclic amines) is 1. The number of thiophene rings is 1. The average Bonchev–Trinajstić information content (AvgIpc) is 2.66. The molecule has 2 rings (SSSR count). The fraction of sp³-hybridized carbons (Fsp3) is 0.714. The third kappa shape index (κ3) is 3.43. The molecule has 19 heavy (non-hydrogen) atoms. The topological polar surface area (TPSA) is 29.3 Å². The second-order valence-electron chi connectivity index (χ2n) is 5.78. The van der Waals surface area contributed by atoms with Gasteiger partial charge in [-0.25, -0.2) is 0 Å². The summed E-state index contributed by atoms with van der Waals surface area (Å²) in [7, 11) is 0. The summed E-state index contributed by atoms with van der Waals surface area (Å²) in [5.74, 6) is 1.50. The van der Waals surface area contributed by atoms with Crippen LogP contribution in [0.25, 0.3) is 0 Å². The van der Waals surface area contributed by atoms with Gasteiger partial charge in [-0.3, -0.25) is 4.90 Å². The zero-order valence-corrected chi connectivity index (χ0v) is 15.7. The molecule has 1 aromatic heterocycles. The molecule has 0 amide bonds. The van der Waals surface area contributed by atoms with E-state index in [4.69, 9.17) is 5.73 Å². The van der Waals surface area contributed by atoms with Gasteiger partial charge in [0.1, 0.15) is 0 Å². The van der Waals surface area contributed by atoms with Crippen LogP contribution >= 0.6 is 43.2 Å². The molecule has 1 aromatic rings. The third-order valence-electron chi connectivity index (χ3n) is 4.26. The summed E-state index contributed by atoms with van der Waals surface area (Å²) in [6, 6.07) is 3.15. The number of rotatable bonds is 3. The molecular weight excluding hydrogens is 388 g/mol. The monoisotopic (exact) mass is 408 g/mol. The van der Waals surface area contributed by atoms with Crippen molar-refractivity contribution in [3.63, 3.8) is 0 Å². The minimum absolute atomic E-state index is 0.341. The van der Waals surface area contributed by atoms with Crippen molar-refractivity contribution in [2.24, 2.45) is 17.6 Å². The molecule has 2 nitrogen and oxygen atoms in total. The van der Waals surface area contributed by atoms with Gasteiger partial charge in [0.05, 0.1) is 9.83 Å². The Labute approximate surface area is 137 Å². The van der Waals surface area contributed by atoms with Crippen LogP contribution in [0.3, 0.4) is 0 Å². The van der Waals surface area contributed by atoms with Crippen molar-refractivity contribution in [2.75, 3.05) is 13.1 Å². The molecule has 1 saturated heterocycles. The molecule has 1 fully saturated rings. The zero-order chi connectivity index (χ0) is 14.2. The fourth-order valence-electron chi connectivity index (χ4n) is 3.11. The standard InChI is InChI=1S/C14H22Br2N2S/c1-8-4-9(2)10(3)18(7-8)12(6-17)13-5-11(15)14(16)19-13/h5,8-10,12H,4,6-7,17H2,1-3H3. The van der Waals surface area contributed by atoms with Crippen LogP contribution in [0.5, 0.6) is 0 Å². The van der Waals surface area contributed by atoms with Gasteiger partial charge in [0.2, 0.25) is 0 Å². The van der Waals surface area contributed by atoms with Gasteiger partial charge in [0, 0.05) is 28.5 Å². The van der Waals surface area contributed by atoms with Gasteiger partial charge in [-0.15, -0.1) is 11.3 Å². The number of nitrogens with two attached hydrogens (primary N) is 1. The van der Waals surface area contributed by atoms with E-state index in [1.54, 1.807) is 11.3 Å². The van der Waals surface area contributed by atoms with Crippen LogP contribution in [-0.2, 0) is 0 Å². The van der Waals surface area contributed by atoms with Crippen LogP contribution in [0.4, 0.5) is 0 Å². The van der Waals surface area contributed by atoms with E-state index in [2.05, 4.69) is 63.6 Å². The summed E-state index contributed by atoms with van der Waals surface area (Å²) >= 11 is 8.96. The number of nitrogens with zero attached hydrogens (tertiary/aromatic N) is 1. The maximum atomic E-state index is 6.08. The number of hydrogen-bond acceptors (Lipinski definition) is 3. The number of hydrogen-bond donors (Lipinski definition) is 1. The van der Waals surface area contributed by atoms with E-state index in [1.807, 2.05) is 0 Å². The Balaban J connectivity index is 2.25. The lowest BCUT2D eigenvalue weighted by atomic mass is 9.85. The molecule has 4 atom stereocenters. The van der Waals surface area contributed by atoms with Crippen LogP contribution in [0.1, 0.15) is 38.1 Å². The molecule has 2 N–H and O–H groups in total. The van der Waals surface area contributed by atoms with Crippen molar-refractivity contribution in [3.8, 4) is 0 Å². The lowest BCUT2D eigenvalue weighted by Gasteiger charge is -2.44. The van der Waals surface area contributed by atoms with Crippen molar-refractivity contribution in [3.05, 3.63) is 19.2 Å². The molecule has 0 saturated carbocycles. The van der Waals surface area contributed by atoms with Crippen LogP contribution in [0.15, 0.2) is 14.3 Å². The Morgan fingerprint density at radius 3 is 2.63 bits per heavy atom. The van der Waals surface area contributed by atoms with Crippen molar-refractivity contribution < 1.29 is 0 Å². The normalized spacial score (nSPS) is 30.5. The van der Waals surface area contributed by atoms with Gasteiger partial charge < -0.3 is 5.73 Å². The summed E-state index contributed by atoms with van der Waals surface area (Å²) < 4.78 is 2.29. The number of piperidine rings is 1. The molecule has 1 aliphatic rings. The molecule has 0 aromatic carbocycles. The Morgan fingerprint density at radius 2 is 2.11 bits per heavy atom. The zero-order valence-electron chi connectivity index (χ0n) is 11.7. The lowest BCUT2D eigenvalue weighted by Crippen LogP contribution is -2.49. The van der Waals surface area contributed by atoms with Crippen molar-refractivity contribution >= 4 is 43.2 Å². The molecule has 0 bridgehead atoms. The highest BCUT2D eigenvalue weighted by molar-refractivity contribution is 9.13. The summed E-state index contributed by atoms with van der Waals surface area (Å²) in [5, 5.41) is 0. The van der Waals surface area contributed by atoms with Gasteiger partial charge >= 0.3 is 0 Å². The summed E-state index contributed by atoms with van der Waals surface area (Å²) in [6.45, 7) is 8.89. The van der Waals surface area contributed by atoms with Gasteiger partial charge in [-0.2, -0.15) is 0 Å². The SMILES string of the molecule is CC1CC(C)C(C)N(C(CN)c2cc(Br)c(Br)s2)C1. The first-order valence-electron chi connectivity index (χ1n) is 6.84. The van der Waals surface area contributed by atoms with E-state index in [-0.39, 0.29) is 0 Å². The van der Waals surface area contributed by atoms with Gasteiger partial charge in [-0.05, 0) is 63.1 Å². The smallest absolute Gasteiger partial charge is 0.0843 e. The highest BCUT2D eigenvalue weighted by Gasteiger charge is 2.34. The molecule has 5 heteroatoms. The van der Waals surface area contributed by atoms with Crippen molar-refractivity contribution in [2.45, 2.75) is 39.3 Å². The maximum Gasteiger partial charge on any atom is 0.0843 e. The summed E-state index contributed by atoms with van der Waals surface area (Å²) in [4.78, 5) is 3.96. The van der Waals surface area contributed by atoms with Gasteiger partial charge in [-0.1, -0.05) is 13.8 Å². The quantitative estimate of drug-likeness (QED) is 0.787. The van der Waals surface area contributed by atoms with E-state index in [1.165, 1.54) is 11.3 Å². The van der Waals surface area contributed by atoms with Crippen molar-refractivity contribution in [1.29, 1.82) is 0 Å². The molecule has 1 aliphatic heterocycles. The predicted molar refractivity (Wildman–Crippen MR) is 90.6 cm³/mol. The Hall–Kier alpha value is 0.580. The molecule has 108 valence electrons. The average molecular weight is 410 g/mol. The molecule has 0 radical (unpaired) electrons. The highest BCUT2D eigenvalue weighted by atomic mass is 79.9. The van der Waals surface area contributed by atoms with E-state index in [0.717, 1.165) is 26.6 Å². The molecule has 2 heterocycles. The second-order valence-corrected chi connectivity index (χ2v) is 9.03. The Morgan fingerprint density at radius 1 is 1.42 bits per heavy atom. The van der Waals surface area contributed by atoms with Crippen molar-refractivity contribution in [1.82, 2.24) is 4.90 Å². The first-order valence-corrected chi connectivity index (χ1v) is 9.24. The molecule has 4 unspecified atom stereocenters. The van der Waals surface area contributed by atoms with E-state index < -0.39 is 0 Å². The first kappa shape index (κ1) is 16.0. The number of halogens is 2. The van der Waals surface area contributed by atoms with E-state index >= 15 is 0 Å². The minimum Gasteiger partial charge on any atom is -0.329 e. The highest BCUT2D eigenvalue weighted by Crippen LogP contribution is 2.40. The second kappa shape index (κ2) is 6.56. The summed E-state index contributed by atoms with van der Waals surface area (Å²) in [6.07, 6.45) is 1.33. The van der Waals surface area contributed by atoms with Crippen LogP contribution in [0.2, 0.25) is 0 Å². The molecular formula is C14H22Br2N2S. The minimum atomic E-state index is 0.341. The van der Waals surface area contributed by atoms with Crippen LogP contribution in [-0.4, -0.2) is 24.0 Å². The Bertz CT molecular complexity index is 416. The van der Waals surface area contributed by atoms with Gasteiger partial charge in [0.25, 0.3) is 0 Å². The largest absolute Gasteiger partial charge is 0.329 e. The van der Waals surface area contributed by atoms with Crippen LogP contribution < -0.4 is 5.73 Å². The van der Waals surface area contributed by atoms with E-state index in [9.17, 15) is 0 Å². The molecule has 0 spiro atoms. The molecule has 0 aliphatic carbocycles. The Kier molecular flexibility index (Phi) is 5.51. The first-order chi connectivity index (χ1) is 8.93. The third-order valence-corrected chi connectivity index (χ3v) is 7.62. The fourth-order valence-corrected chi connectivity index (χ4v) is 5.34. The summed E-state index contributed by atoms with van der Waals surface area (Å²) in [5.41, 5.74) is 6.08. The predicted octanol–water partition coefficient (Wildman–Crippen LogP) is 4.64. The maximum absolute atomic E-state index is 6.08. The van der Waals surface area contributed by atoms with Gasteiger partial charge in [0.15, 0.2) is 0 Å².